The van der Waals surface area contributed by atoms with Crippen molar-refractivity contribution >= 4 is 6.09 Å². The Morgan fingerprint density at radius 3 is 2.74 bits per heavy atom. The minimum absolute atomic E-state index is 0.159. The average molecular weight is 372 g/mol. The summed E-state index contributed by atoms with van der Waals surface area (Å²) in [4.78, 5) is 12.4. The third-order valence-corrected chi connectivity index (χ3v) is 7.40. The van der Waals surface area contributed by atoms with Gasteiger partial charge in [0, 0.05) is 6.04 Å². The molecule has 4 heteroatoms. The number of phenols is 1. The van der Waals surface area contributed by atoms with Gasteiger partial charge in [-0.05, 0) is 106 Å². The molecule has 1 aromatic rings. The van der Waals surface area contributed by atoms with E-state index in [1.807, 2.05) is 32.9 Å². The maximum absolute atomic E-state index is 12.4. The SMILES string of the molecule is CC(C)(C)OC(=O)NC1CC[C@H]2[C@@H]3CCc4cc(O)ccc4[C@H]3CC[C@]12C. The summed E-state index contributed by atoms with van der Waals surface area (Å²) in [5, 5.41) is 13.0. The number of alkyl carbamates (subject to hydrolysis) is 1. The smallest absolute Gasteiger partial charge is 0.407 e. The van der Waals surface area contributed by atoms with Crippen molar-refractivity contribution in [2.24, 2.45) is 17.3 Å². The molecule has 4 rings (SSSR count). The van der Waals surface area contributed by atoms with Gasteiger partial charge < -0.3 is 15.2 Å². The van der Waals surface area contributed by atoms with E-state index in [1.54, 1.807) is 0 Å². The van der Waals surface area contributed by atoms with E-state index in [1.165, 1.54) is 30.4 Å². The summed E-state index contributed by atoms with van der Waals surface area (Å²) < 4.78 is 5.51. The molecule has 0 saturated heterocycles. The van der Waals surface area contributed by atoms with Gasteiger partial charge in [0.1, 0.15) is 11.4 Å². The second kappa shape index (κ2) is 6.42. The number of hydrogen-bond donors (Lipinski definition) is 2. The van der Waals surface area contributed by atoms with Crippen molar-refractivity contribution in [2.75, 3.05) is 0 Å². The first-order chi connectivity index (χ1) is 12.7. The molecule has 1 aromatic carbocycles. The van der Waals surface area contributed by atoms with Crippen molar-refractivity contribution in [1.82, 2.24) is 5.32 Å². The summed E-state index contributed by atoms with van der Waals surface area (Å²) in [6.45, 7) is 8.12. The summed E-state index contributed by atoms with van der Waals surface area (Å²) >= 11 is 0. The lowest BCUT2D eigenvalue weighted by Gasteiger charge is -2.51. The highest BCUT2D eigenvalue weighted by Crippen LogP contribution is 2.61. The second-order valence-electron chi connectivity index (χ2n) is 10.1. The number of aromatic hydroxyl groups is 1. The van der Waals surface area contributed by atoms with Crippen LogP contribution in [-0.2, 0) is 11.2 Å². The van der Waals surface area contributed by atoms with Crippen LogP contribution in [0.25, 0.3) is 0 Å². The monoisotopic (exact) mass is 371 g/mol. The summed E-state index contributed by atoms with van der Waals surface area (Å²) in [6.07, 6.45) is 6.52. The number of aryl methyl sites for hydroxylation is 1. The normalized spacial score (nSPS) is 35.0. The van der Waals surface area contributed by atoms with Crippen LogP contribution in [0.3, 0.4) is 0 Å². The Morgan fingerprint density at radius 1 is 1.22 bits per heavy atom. The van der Waals surface area contributed by atoms with E-state index in [2.05, 4.69) is 18.3 Å². The third kappa shape index (κ3) is 3.32. The van der Waals surface area contributed by atoms with Gasteiger partial charge in [-0.3, -0.25) is 0 Å². The topological polar surface area (TPSA) is 58.6 Å². The fourth-order valence-electron chi connectivity index (χ4n) is 6.26. The first-order valence-electron chi connectivity index (χ1n) is 10.5. The first kappa shape index (κ1) is 18.6. The number of phenolic OH excluding ortho intramolecular Hbond substituents is 1. The lowest BCUT2D eigenvalue weighted by atomic mass is 9.55. The van der Waals surface area contributed by atoms with Crippen LogP contribution in [0, 0.1) is 17.3 Å². The number of fused-ring (bicyclic) bond motifs is 5. The molecule has 2 saturated carbocycles. The van der Waals surface area contributed by atoms with E-state index in [-0.39, 0.29) is 17.6 Å². The molecule has 1 unspecified atom stereocenters. The molecule has 3 aliphatic carbocycles. The van der Waals surface area contributed by atoms with Gasteiger partial charge in [-0.1, -0.05) is 13.0 Å². The van der Waals surface area contributed by atoms with E-state index < -0.39 is 5.60 Å². The molecule has 0 aliphatic heterocycles. The van der Waals surface area contributed by atoms with Gasteiger partial charge in [-0.2, -0.15) is 0 Å². The molecule has 2 fully saturated rings. The van der Waals surface area contributed by atoms with Crippen LogP contribution in [0.1, 0.15) is 76.8 Å². The van der Waals surface area contributed by atoms with Gasteiger partial charge in [0.2, 0.25) is 0 Å². The highest BCUT2D eigenvalue weighted by molar-refractivity contribution is 5.68. The lowest BCUT2D eigenvalue weighted by molar-refractivity contribution is 0.0244. The molecule has 148 valence electrons. The van der Waals surface area contributed by atoms with E-state index in [9.17, 15) is 9.90 Å². The molecule has 0 bridgehead atoms. The molecular formula is C23H33NO3. The molecule has 0 spiro atoms. The number of benzene rings is 1. The van der Waals surface area contributed by atoms with E-state index in [4.69, 9.17) is 4.74 Å². The van der Waals surface area contributed by atoms with E-state index in [0.29, 0.717) is 23.5 Å². The fraction of sp³-hybridized carbons (Fsp3) is 0.696. The Kier molecular flexibility index (Phi) is 4.44. The number of ether oxygens (including phenoxy) is 1. The summed E-state index contributed by atoms with van der Waals surface area (Å²) in [5.74, 6) is 2.33. The van der Waals surface area contributed by atoms with Crippen molar-refractivity contribution in [3.05, 3.63) is 29.3 Å². The van der Waals surface area contributed by atoms with Crippen LogP contribution in [0.2, 0.25) is 0 Å². The third-order valence-electron chi connectivity index (χ3n) is 7.40. The molecule has 1 amide bonds. The molecule has 0 aromatic heterocycles. The molecule has 27 heavy (non-hydrogen) atoms. The Hall–Kier alpha value is -1.71. The minimum atomic E-state index is -0.459. The van der Waals surface area contributed by atoms with Crippen LogP contribution < -0.4 is 5.32 Å². The number of carbonyl (C=O) groups excluding carboxylic acids is 1. The van der Waals surface area contributed by atoms with Gasteiger partial charge in [-0.15, -0.1) is 0 Å². The zero-order valence-corrected chi connectivity index (χ0v) is 17.0. The maximum atomic E-state index is 12.4. The van der Waals surface area contributed by atoms with Crippen LogP contribution in [0.4, 0.5) is 4.79 Å². The average Bonchev–Trinajstić information content (AvgIpc) is 2.89. The molecule has 2 N–H and O–H groups in total. The summed E-state index contributed by atoms with van der Waals surface area (Å²) in [6, 6.07) is 6.16. The molecule has 0 heterocycles. The van der Waals surface area contributed by atoms with Crippen molar-refractivity contribution < 1.29 is 14.6 Å². The minimum Gasteiger partial charge on any atom is -0.508 e. The Balaban J connectivity index is 1.52. The van der Waals surface area contributed by atoms with Crippen LogP contribution in [-0.4, -0.2) is 22.8 Å². The van der Waals surface area contributed by atoms with Gasteiger partial charge in [0.25, 0.3) is 0 Å². The Labute approximate surface area is 162 Å². The molecule has 3 aliphatic rings. The first-order valence-corrected chi connectivity index (χ1v) is 10.5. The number of amides is 1. The van der Waals surface area contributed by atoms with Crippen molar-refractivity contribution in [3.63, 3.8) is 0 Å². The van der Waals surface area contributed by atoms with Crippen molar-refractivity contribution in [1.29, 1.82) is 0 Å². The Morgan fingerprint density at radius 2 is 2.00 bits per heavy atom. The molecular weight excluding hydrogens is 338 g/mol. The Bertz CT molecular complexity index is 738. The standard InChI is InChI=1S/C23H33NO3/c1-22(2,3)27-21(26)24-20-10-9-19-18-7-5-14-13-15(25)6-8-16(14)17(18)11-12-23(19,20)4/h6,8,13,17-20,25H,5,7,9-12H2,1-4H3,(H,24,26)/t17-,18-,19+,20?,23+/m1/s1. The predicted molar refractivity (Wildman–Crippen MR) is 106 cm³/mol. The quantitative estimate of drug-likeness (QED) is 0.718. The lowest BCUT2D eigenvalue weighted by Crippen LogP contribution is -2.50. The zero-order valence-electron chi connectivity index (χ0n) is 17.0. The van der Waals surface area contributed by atoms with Crippen LogP contribution >= 0.6 is 0 Å². The maximum Gasteiger partial charge on any atom is 0.407 e. The van der Waals surface area contributed by atoms with E-state index in [0.717, 1.165) is 19.3 Å². The van der Waals surface area contributed by atoms with Gasteiger partial charge in [-0.25, -0.2) is 4.79 Å². The molecule has 5 atom stereocenters. The van der Waals surface area contributed by atoms with Gasteiger partial charge in [0.05, 0.1) is 0 Å². The number of carbonyl (C=O) groups is 1. The van der Waals surface area contributed by atoms with Crippen LogP contribution in [0.5, 0.6) is 5.75 Å². The van der Waals surface area contributed by atoms with E-state index >= 15 is 0 Å². The van der Waals surface area contributed by atoms with Gasteiger partial charge >= 0.3 is 6.09 Å². The van der Waals surface area contributed by atoms with Crippen LogP contribution in [0.15, 0.2) is 18.2 Å². The summed E-state index contributed by atoms with van der Waals surface area (Å²) in [5.41, 5.74) is 2.49. The second-order valence-corrected chi connectivity index (χ2v) is 10.1. The highest BCUT2D eigenvalue weighted by Gasteiger charge is 2.55. The van der Waals surface area contributed by atoms with Gasteiger partial charge in [0.15, 0.2) is 0 Å². The largest absolute Gasteiger partial charge is 0.508 e. The number of rotatable bonds is 1. The fourth-order valence-corrected chi connectivity index (χ4v) is 6.26. The zero-order chi connectivity index (χ0) is 19.4. The number of hydrogen-bond acceptors (Lipinski definition) is 3. The predicted octanol–water partition coefficient (Wildman–Crippen LogP) is 5.14. The van der Waals surface area contributed by atoms with Crippen molar-refractivity contribution in [3.8, 4) is 5.75 Å². The summed E-state index contributed by atoms with van der Waals surface area (Å²) in [7, 11) is 0. The van der Waals surface area contributed by atoms with Crippen molar-refractivity contribution in [2.45, 2.75) is 83.8 Å². The molecule has 4 nitrogen and oxygen atoms in total. The number of nitrogens with one attached hydrogen (secondary N) is 1. The molecule has 0 radical (unpaired) electrons. The highest BCUT2D eigenvalue weighted by atomic mass is 16.6.